The molecule has 1 aromatic carbocycles. The molecule has 0 bridgehead atoms. The SMILES string of the molecule is CC(C)N1CCCC(CNC(=O)C2CCC3(CC2)CNC(=O)c2ccccc2O3)C1. The lowest BCUT2D eigenvalue weighted by atomic mass is 9.78. The fourth-order valence-corrected chi connectivity index (χ4v) is 5.16. The summed E-state index contributed by atoms with van der Waals surface area (Å²) < 4.78 is 6.35. The number of hydrogen-bond donors (Lipinski definition) is 2. The van der Waals surface area contributed by atoms with Gasteiger partial charge in [0.1, 0.15) is 11.4 Å². The Hall–Kier alpha value is -2.08. The van der Waals surface area contributed by atoms with Gasteiger partial charge >= 0.3 is 0 Å². The molecule has 2 heterocycles. The van der Waals surface area contributed by atoms with Crippen LogP contribution in [0.15, 0.2) is 24.3 Å². The van der Waals surface area contributed by atoms with Gasteiger partial charge in [-0.2, -0.15) is 0 Å². The van der Waals surface area contributed by atoms with Gasteiger partial charge in [-0.25, -0.2) is 0 Å². The predicted molar refractivity (Wildman–Crippen MR) is 117 cm³/mol. The van der Waals surface area contributed by atoms with Gasteiger partial charge in [0.25, 0.3) is 5.91 Å². The van der Waals surface area contributed by atoms with E-state index in [0.29, 0.717) is 29.8 Å². The molecule has 30 heavy (non-hydrogen) atoms. The molecule has 1 aromatic rings. The first-order valence-corrected chi connectivity index (χ1v) is 11.5. The van der Waals surface area contributed by atoms with Gasteiger partial charge in [-0.05, 0) is 77.0 Å². The zero-order chi connectivity index (χ0) is 21.1. The van der Waals surface area contributed by atoms with Gasteiger partial charge in [-0.1, -0.05) is 12.1 Å². The Morgan fingerprint density at radius 1 is 1.27 bits per heavy atom. The zero-order valence-corrected chi connectivity index (χ0v) is 18.3. The third kappa shape index (κ3) is 4.64. The monoisotopic (exact) mass is 413 g/mol. The van der Waals surface area contributed by atoms with E-state index >= 15 is 0 Å². The fraction of sp³-hybridized carbons (Fsp3) is 0.667. The molecule has 0 aromatic heterocycles. The van der Waals surface area contributed by atoms with E-state index in [9.17, 15) is 9.59 Å². The lowest BCUT2D eigenvalue weighted by Crippen LogP contribution is -2.50. The van der Waals surface area contributed by atoms with Crippen molar-refractivity contribution in [3.8, 4) is 5.75 Å². The molecule has 2 fully saturated rings. The molecule has 1 unspecified atom stereocenters. The number of nitrogens with one attached hydrogen (secondary N) is 2. The summed E-state index contributed by atoms with van der Waals surface area (Å²) in [5, 5.41) is 6.25. The molecule has 1 saturated heterocycles. The smallest absolute Gasteiger partial charge is 0.255 e. The maximum absolute atomic E-state index is 12.8. The number of amides is 2. The van der Waals surface area contributed by atoms with Crippen molar-refractivity contribution < 1.29 is 14.3 Å². The van der Waals surface area contributed by atoms with Crippen molar-refractivity contribution in [3.63, 3.8) is 0 Å². The van der Waals surface area contributed by atoms with Gasteiger partial charge in [0.2, 0.25) is 5.91 Å². The van der Waals surface area contributed by atoms with E-state index in [-0.39, 0.29) is 17.7 Å². The molecular formula is C24H35N3O3. The second-order valence-corrected chi connectivity index (χ2v) is 9.58. The van der Waals surface area contributed by atoms with Crippen LogP contribution < -0.4 is 15.4 Å². The molecule has 1 saturated carbocycles. The van der Waals surface area contributed by atoms with Gasteiger partial charge in [-0.3, -0.25) is 9.59 Å². The van der Waals surface area contributed by atoms with Gasteiger partial charge < -0.3 is 20.3 Å². The van der Waals surface area contributed by atoms with Crippen molar-refractivity contribution >= 4 is 11.8 Å². The van der Waals surface area contributed by atoms with Crippen LogP contribution in [0.4, 0.5) is 0 Å². The summed E-state index contributed by atoms with van der Waals surface area (Å²) in [6.45, 7) is 8.03. The summed E-state index contributed by atoms with van der Waals surface area (Å²) in [6, 6.07) is 7.99. The first-order valence-electron chi connectivity index (χ1n) is 11.5. The van der Waals surface area contributed by atoms with Crippen LogP contribution in [-0.2, 0) is 4.79 Å². The van der Waals surface area contributed by atoms with E-state index in [4.69, 9.17) is 4.74 Å². The molecule has 3 aliphatic rings. The van der Waals surface area contributed by atoms with Crippen molar-refractivity contribution in [2.24, 2.45) is 11.8 Å². The van der Waals surface area contributed by atoms with Crippen LogP contribution in [-0.4, -0.2) is 54.5 Å². The highest BCUT2D eigenvalue weighted by atomic mass is 16.5. The molecule has 2 N–H and O–H groups in total. The number of nitrogens with zero attached hydrogens (tertiary/aromatic N) is 1. The summed E-state index contributed by atoms with van der Waals surface area (Å²) in [7, 11) is 0. The quantitative estimate of drug-likeness (QED) is 0.796. The van der Waals surface area contributed by atoms with Crippen LogP contribution >= 0.6 is 0 Å². The van der Waals surface area contributed by atoms with E-state index < -0.39 is 5.60 Å². The highest BCUT2D eigenvalue weighted by molar-refractivity contribution is 5.97. The summed E-state index contributed by atoms with van der Waals surface area (Å²) in [5.74, 6) is 1.35. The van der Waals surface area contributed by atoms with Crippen LogP contribution in [0.25, 0.3) is 0 Å². The maximum Gasteiger partial charge on any atom is 0.255 e. The first-order chi connectivity index (χ1) is 14.5. The minimum Gasteiger partial charge on any atom is -0.485 e. The van der Waals surface area contributed by atoms with Crippen molar-refractivity contribution in [1.82, 2.24) is 15.5 Å². The van der Waals surface area contributed by atoms with Crippen LogP contribution in [0.2, 0.25) is 0 Å². The van der Waals surface area contributed by atoms with E-state index in [1.807, 2.05) is 18.2 Å². The maximum atomic E-state index is 12.8. The Kier molecular flexibility index (Phi) is 6.32. The standard InChI is InChI=1S/C24H35N3O3/c1-17(2)27-13-5-6-18(15-27)14-25-22(28)19-9-11-24(12-10-19)16-26-23(29)20-7-3-4-8-21(20)30-24/h3-4,7-8,17-19H,5-6,9-16H2,1-2H3,(H,25,28)(H,26,29). The number of para-hydroxylation sites is 1. The molecular weight excluding hydrogens is 378 g/mol. The summed E-state index contributed by atoms with van der Waals surface area (Å²) >= 11 is 0. The summed E-state index contributed by atoms with van der Waals surface area (Å²) in [5.41, 5.74) is 0.192. The molecule has 1 atom stereocenters. The largest absolute Gasteiger partial charge is 0.485 e. The molecule has 6 heteroatoms. The highest BCUT2D eigenvalue weighted by Gasteiger charge is 2.42. The molecule has 164 valence electrons. The van der Waals surface area contributed by atoms with Crippen LogP contribution in [0.1, 0.15) is 62.7 Å². The number of piperidine rings is 1. The van der Waals surface area contributed by atoms with Crippen molar-refractivity contribution in [2.75, 3.05) is 26.2 Å². The lowest BCUT2D eigenvalue weighted by molar-refractivity contribution is -0.127. The Labute approximate surface area is 179 Å². The molecule has 2 amide bonds. The van der Waals surface area contributed by atoms with Crippen LogP contribution in [0.3, 0.4) is 0 Å². The average Bonchev–Trinajstić information content (AvgIpc) is 2.90. The van der Waals surface area contributed by atoms with Gasteiger partial charge in [0.05, 0.1) is 12.1 Å². The topological polar surface area (TPSA) is 70.7 Å². The van der Waals surface area contributed by atoms with Crippen LogP contribution in [0.5, 0.6) is 5.75 Å². The number of fused-ring (bicyclic) bond motifs is 1. The number of rotatable bonds is 4. The molecule has 1 aliphatic carbocycles. The Morgan fingerprint density at radius 3 is 2.80 bits per heavy atom. The third-order valence-electron chi connectivity index (χ3n) is 7.14. The van der Waals surface area contributed by atoms with Gasteiger partial charge in [0, 0.05) is 25.0 Å². The summed E-state index contributed by atoms with van der Waals surface area (Å²) in [4.78, 5) is 27.7. The van der Waals surface area contributed by atoms with E-state index in [2.05, 4.69) is 29.4 Å². The molecule has 2 aliphatic heterocycles. The number of carbonyl (C=O) groups is 2. The third-order valence-corrected chi connectivity index (χ3v) is 7.14. The molecule has 4 rings (SSSR count). The number of likely N-dealkylation sites (tertiary alicyclic amines) is 1. The predicted octanol–water partition coefficient (Wildman–Crippen LogP) is 2.97. The van der Waals surface area contributed by atoms with Crippen molar-refractivity contribution in [3.05, 3.63) is 29.8 Å². The molecule has 1 spiro atoms. The minimum absolute atomic E-state index is 0.0400. The van der Waals surface area contributed by atoms with E-state index in [1.54, 1.807) is 6.07 Å². The van der Waals surface area contributed by atoms with Crippen molar-refractivity contribution in [2.45, 2.75) is 64.0 Å². The van der Waals surface area contributed by atoms with E-state index in [0.717, 1.165) is 38.8 Å². The number of ether oxygens (including phenoxy) is 1. The van der Waals surface area contributed by atoms with E-state index in [1.165, 1.54) is 19.4 Å². The normalized spacial score (nSPS) is 29.6. The number of benzene rings is 1. The minimum atomic E-state index is -0.403. The van der Waals surface area contributed by atoms with Gasteiger partial charge in [-0.15, -0.1) is 0 Å². The van der Waals surface area contributed by atoms with Crippen molar-refractivity contribution in [1.29, 1.82) is 0 Å². The lowest BCUT2D eigenvalue weighted by Gasteiger charge is -2.39. The average molecular weight is 414 g/mol. The Bertz CT molecular complexity index is 771. The zero-order valence-electron chi connectivity index (χ0n) is 18.3. The van der Waals surface area contributed by atoms with Crippen LogP contribution in [0, 0.1) is 11.8 Å². The first kappa shape index (κ1) is 21.2. The highest BCUT2D eigenvalue weighted by Crippen LogP contribution is 2.38. The molecule has 6 nitrogen and oxygen atoms in total. The second-order valence-electron chi connectivity index (χ2n) is 9.58. The molecule has 0 radical (unpaired) electrons. The fourth-order valence-electron chi connectivity index (χ4n) is 5.16. The number of hydrogen-bond acceptors (Lipinski definition) is 4. The summed E-state index contributed by atoms with van der Waals surface area (Å²) in [6.07, 6.45) is 5.58. The number of carbonyl (C=O) groups excluding carboxylic acids is 2. The Morgan fingerprint density at radius 2 is 2.03 bits per heavy atom. The van der Waals surface area contributed by atoms with Gasteiger partial charge in [0.15, 0.2) is 0 Å². The second kappa shape index (κ2) is 8.96. The Balaban J connectivity index is 1.29.